The molecule has 1 aromatic carbocycles. The molecule has 1 rings (SSSR count). The van der Waals surface area contributed by atoms with Gasteiger partial charge in [-0.3, -0.25) is 4.99 Å². The highest BCUT2D eigenvalue weighted by molar-refractivity contribution is 14.0. The number of halogens is 1. The minimum Gasteiger partial charge on any atom is -0.383 e. The standard InChI is InChI=1S/C17H30N4O.HI/c1-15(14-22-4)20-17(18-2)19-11-8-12-21(3)13-16-9-6-5-7-10-16;/h5-7,9-10,15H,8,11-14H2,1-4H3,(H2,18,19,20);1H. The van der Waals surface area contributed by atoms with Crippen molar-refractivity contribution in [1.29, 1.82) is 0 Å². The van der Waals surface area contributed by atoms with Crippen LogP contribution in [0, 0.1) is 0 Å². The monoisotopic (exact) mass is 434 g/mol. The smallest absolute Gasteiger partial charge is 0.191 e. The van der Waals surface area contributed by atoms with Crippen LogP contribution in [-0.4, -0.2) is 57.8 Å². The molecule has 5 nitrogen and oxygen atoms in total. The van der Waals surface area contributed by atoms with Crippen LogP contribution in [0.5, 0.6) is 0 Å². The maximum Gasteiger partial charge on any atom is 0.191 e. The largest absolute Gasteiger partial charge is 0.383 e. The van der Waals surface area contributed by atoms with Crippen molar-refractivity contribution >= 4 is 29.9 Å². The normalized spacial score (nSPS) is 12.7. The van der Waals surface area contributed by atoms with Crippen molar-refractivity contribution < 1.29 is 4.74 Å². The molecular formula is C17H31IN4O. The van der Waals surface area contributed by atoms with Crippen LogP contribution in [0.25, 0.3) is 0 Å². The van der Waals surface area contributed by atoms with E-state index in [0.717, 1.165) is 32.0 Å². The summed E-state index contributed by atoms with van der Waals surface area (Å²) in [5.41, 5.74) is 1.35. The van der Waals surface area contributed by atoms with Gasteiger partial charge in [-0.15, -0.1) is 24.0 Å². The van der Waals surface area contributed by atoms with Crippen LogP contribution in [0.1, 0.15) is 18.9 Å². The number of nitrogens with one attached hydrogen (secondary N) is 2. The number of nitrogens with zero attached hydrogens (tertiary/aromatic N) is 2. The summed E-state index contributed by atoms with van der Waals surface area (Å²) < 4.78 is 5.11. The Balaban J connectivity index is 0.00000484. The maximum absolute atomic E-state index is 5.11. The van der Waals surface area contributed by atoms with Gasteiger partial charge in [0.1, 0.15) is 0 Å². The summed E-state index contributed by atoms with van der Waals surface area (Å²) in [7, 11) is 5.65. The predicted molar refractivity (Wildman–Crippen MR) is 109 cm³/mol. The Hall–Kier alpha value is -0.860. The van der Waals surface area contributed by atoms with Crippen molar-refractivity contribution in [3.63, 3.8) is 0 Å². The van der Waals surface area contributed by atoms with Gasteiger partial charge in [0, 0.05) is 33.3 Å². The van der Waals surface area contributed by atoms with Crippen molar-refractivity contribution in [3.8, 4) is 0 Å². The molecule has 6 heteroatoms. The topological polar surface area (TPSA) is 48.9 Å². The first kappa shape index (κ1) is 22.1. The van der Waals surface area contributed by atoms with Crippen LogP contribution in [0.15, 0.2) is 35.3 Å². The zero-order valence-corrected chi connectivity index (χ0v) is 17.0. The fraction of sp³-hybridized carbons (Fsp3) is 0.588. The molecule has 0 saturated carbocycles. The molecule has 0 aliphatic carbocycles. The molecule has 0 saturated heterocycles. The summed E-state index contributed by atoms with van der Waals surface area (Å²) in [5.74, 6) is 0.829. The van der Waals surface area contributed by atoms with E-state index in [1.807, 2.05) is 0 Å². The predicted octanol–water partition coefficient (Wildman–Crippen LogP) is 2.33. The molecule has 132 valence electrons. The Morgan fingerprint density at radius 3 is 2.61 bits per heavy atom. The van der Waals surface area contributed by atoms with Crippen LogP contribution < -0.4 is 10.6 Å². The van der Waals surface area contributed by atoms with Crippen molar-refractivity contribution in [1.82, 2.24) is 15.5 Å². The van der Waals surface area contributed by atoms with Gasteiger partial charge in [-0.2, -0.15) is 0 Å². The third-order valence-electron chi connectivity index (χ3n) is 3.33. The Kier molecular flexibility index (Phi) is 13.1. The first-order chi connectivity index (χ1) is 10.7. The van der Waals surface area contributed by atoms with E-state index in [1.54, 1.807) is 14.2 Å². The Morgan fingerprint density at radius 1 is 1.30 bits per heavy atom. The van der Waals surface area contributed by atoms with Gasteiger partial charge in [0.15, 0.2) is 5.96 Å². The molecule has 0 fully saturated rings. The zero-order valence-electron chi connectivity index (χ0n) is 14.7. The number of aliphatic imine (C=N–C) groups is 1. The van der Waals surface area contributed by atoms with Gasteiger partial charge >= 0.3 is 0 Å². The van der Waals surface area contributed by atoms with Gasteiger partial charge in [-0.05, 0) is 32.5 Å². The van der Waals surface area contributed by atoms with Crippen LogP contribution >= 0.6 is 24.0 Å². The third kappa shape index (κ3) is 10.5. The zero-order chi connectivity index (χ0) is 16.2. The van der Waals surface area contributed by atoms with E-state index < -0.39 is 0 Å². The molecular weight excluding hydrogens is 403 g/mol. The molecule has 2 N–H and O–H groups in total. The van der Waals surface area contributed by atoms with Gasteiger partial charge < -0.3 is 20.3 Å². The van der Waals surface area contributed by atoms with Crippen LogP contribution in [0.4, 0.5) is 0 Å². The fourth-order valence-electron chi connectivity index (χ4n) is 2.25. The first-order valence-electron chi connectivity index (χ1n) is 7.84. The van der Waals surface area contributed by atoms with E-state index in [4.69, 9.17) is 4.74 Å². The lowest BCUT2D eigenvalue weighted by Gasteiger charge is -2.19. The maximum atomic E-state index is 5.11. The average molecular weight is 434 g/mol. The molecule has 0 amide bonds. The molecule has 1 unspecified atom stereocenters. The lowest BCUT2D eigenvalue weighted by molar-refractivity contribution is 0.179. The summed E-state index contributed by atoms with van der Waals surface area (Å²) in [6.07, 6.45) is 1.07. The number of methoxy groups -OCH3 is 1. The van der Waals surface area contributed by atoms with Gasteiger partial charge in [-0.25, -0.2) is 0 Å². The molecule has 0 aliphatic rings. The highest BCUT2D eigenvalue weighted by atomic mass is 127. The summed E-state index contributed by atoms with van der Waals surface area (Å²) >= 11 is 0. The fourth-order valence-corrected chi connectivity index (χ4v) is 2.25. The lowest BCUT2D eigenvalue weighted by atomic mass is 10.2. The Morgan fingerprint density at radius 2 is 2.00 bits per heavy atom. The molecule has 0 aromatic heterocycles. The van der Waals surface area contributed by atoms with E-state index in [0.29, 0.717) is 6.61 Å². The van der Waals surface area contributed by atoms with Gasteiger partial charge in [0.05, 0.1) is 6.61 Å². The second-order valence-corrected chi connectivity index (χ2v) is 5.58. The quantitative estimate of drug-likeness (QED) is 0.271. The molecule has 1 atom stereocenters. The molecule has 0 radical (unpaired) electrons. The minimum atomic E-state index is 0. The van der Waals surface area contributed by atoms with Gasteiger partial charge in [0.25, 0.3) is 0 Å². The number of rotatable bonds is 9. The molecule has 23 heavy (non-hydrogen) atoms. The first-order valence-corrected chi connectivity index (χ1v) is 7.84. The van der Waals surface area contributed by atoms with E-state index in [9.17, 15) is 0 Å². The van der Waals surface area contributed by atoms with Crippen molar-refractivity contribution in [2.45, 2.75) is 25.9 Å². The van der Waals surface area contributed by atoms with E-state index in [-0.39, 0.29) is 30.0 Å². The van der Waals surface area contributed by atoms with E-state index >= 15 is 0 Å². The number of benzene rings is 1. The van der Waals surface area contributed by atoms with Crippen LogP contribution in [0.2, 0.25) is 0 Å². The van der Waals surface area contributed by atoms with E-state index in [2.05, 4.69) is 64.8 Å². The lowest BCUT2D eigenvalue weighted by Crippen LogP contribution is -2.44. The highest BCUT2D eigenvalue weighted by Crippen LogP contribution is 2.02. The van der Waals surface area contributed by atoms with Crippen molar-refractivity contribution in [2.24, 2.45) is 4.99 Å². The van der Waals surface area contributed by atoms with Crippen LogP contribution in [-0.2, 0) is 11.3 Å². The molecule has 0 bridgehead atoms. The number of hydrogen-bond acceptors (Lipinski definition) is 3. The molecule has 1 aromatic rings. The van der Waals surface area contributed by atoms with Gasteiger partial charge in [0.2, 0.25) is 0 Å². The number of ether oxygens (including phenoxy) is 1. The SMILES string of the molecule is CN=C(NCCCN(C)Cc1ccccc1)NC(C)COC.I. The summed E-state index contributed by atoms with van der Waals surface area (Å²) in [6.45, 7) is 5.67. The average Bonchev–Trinajstić information content (AvgIpc) is 2.51. The molecule has 0 spiro atoms. The summed E-state index contributed by atoms with van der Waals surface area (Å²) in [6, 6.07) is 10.8. The van der Waals surface area contributed by atoms with Crippen LogP contribution in [0.3, 0.4) is 0 Å². The Labute approximate surface area is 157 Å². The molecule has 0 aliphatic heterocycles. The second kappa shape index (κ2) is 13.6. The minimum absolute atomic E-state index is 0. The molecule has 0 heterocycles. The Bertz CT molecular complexity index is 428. The second-order valence-electron chi connectivity index (χ2n) is 5.58. The number of guanidine groups is 1. The van der Waals surface area contributed by atoms with Crippen molar-refractivity contribution in [2.75, 3.05) is 40.9 Å². The van der Waals surface area contributed by atoms with Crippen molar-refractivity contribution in [3.05, 3.63) is 35.9 Å². The van der Waals surface area contributed by atoms with E-state index in [1.165, 1.54) is 5.56 Å². The van der Waals surface area contributed by atoms with Gasteiger partial charge in [-0.1, -0.05) is 30.3 Å². The third-order valence-corrected chi connectivity index (χ3v) is 3.33. The summed E-state index contributed by atoms with van der Waals surface area (Å²) in [4.78, 5) is 6.55. The summed E-state index contributed by atoms with van der Waals surface area (Å²) in [5, 5.41) is 6.63. The highest BCUT2D eigenvalue weighted by Gasteiger charge is 2.04. The number of hydrogen-bond donors (Lipinski definition) is 2.